The van der Waals surface area contributed by atoms with Crippen LogP contribution in [0.4, 0.5) is 11.4 Å². The number of nitrogens with one attached hydrogen (secondary N) is 2. The van der Waals surface area contributed by atoms with Crippen molar-refractivity contribution >= 4 is 41.1 Å². The highest BCUT2D eigenvalue weighted by molar-refractivity contribution is 6.11. The lowest BCUT2D eigenvalue weighted by molar-refractivity contribution is -0.385. The number of ether oxygens (including phenoxy) is 3. The number of rotatable bonds is 12. The molecule has 4 aromatic carbocycles. The molecule has 2 N–H and O–H groups in total. The molecule has 0 aliphatic heterocycles. The van der Waals surface area contributed by atoms with Crippen molar-refractivity contribution in [3.63, 3.8) is 0 Å². The van der Waals surface area contributed by atoms with E-state index in [1.54, 1.807) is 54.6 Å². The third-order valence-corrected chi connectivity index (χ3v) is 6.50. The van der Waals surface area contributed by atoms with Crippen LogP contribution in [-0.2, 0) is 4.79 Å². The van der Waals surface area contributed by atoms with Crippen LogP contribution in [0.3, 0.4) is 0 Å². The Kier molecular flexibility index (Phi) is 10.4. The fourth-order valence-corrected chi connectivity index (χ4v) is 4.26. The van der Waals surface area contributed by atoms with E-state index in [4.69, 9.17) is 14.2 Å². The number of nitrogens with zero attached hydrogens (tertiary/aromatic N) is 1. The third kappa shape index (κ3) is 7.99. The van der Waals surface area contributed by atoms with E-state index in [1.807, 2.05) is 0 Å². The fourth-order valence-electron chi connectivity index (χ4n) is 4.26. The van der Waals surface area contributed by atoms with Gasteiger partial charge in [0.05, 0.1) is 31.8 Å². The zero-order valence-electron chi connectivity index (χ0n) is 24.6. The van der Waals surface area contributed by atoms with Crippen molar-refractivity contribution < 1.29 is 33.5 Å². The molecule has 45 heavy (non-hydrogen) atoms. The number of carbonyl (C=O) groups is 3. The van der Waals surface area contributed by atoms with Gasteiger partial charge in [-0.25, -0.2) is 0 Å². The summed E-state index contributed by atoms with van der Waals surface area (Å²) in [6, 6.07) is 23.6. The van der Waals surface area contributed by atoms with Crippen LogP contribution in [0, 0.1) is 10.1 Å². The second-order valence-electron chi connectivity index (χ2n) is 9.38. The van der Waals surface area contributed by atoms with Gasteiger partial charge in [-0.2, -0.15) is 0 Å². The van der Waals surface area contributed by atoms with Gasteiger partial charge in [0.2, 0.25) is 5.75 Å². The molecule has 11 nitrogen and oxygen atoms in total. The molecule has 0 unspecified atom stereocenters. The highest BCUT2D eigenvalue weighted by Gasteiger charge is 2.19. The van der Waals surface area contributed by atoms with E-state index in [-0.39, 0.29) is 22.7 Å². The molecule has 0 bridgehead atoms. The summed E-state index contributed by atoms with van der Waals surface area (Å²) < 4.78 is 16.0. The first-order valence-electron chi connectivity index (χ1n) is 13.5. The van der Waals surface area contributed by atoms with Crippen LogP contribution in [0.2, 0.25) is 0 Å². The van der Waals surface area contributed by atoms with Gasteiger partial charge in [-0.15, -0.1) is 0 Å². The number of hydrogen-bond donors (Lipinski definition) is 2. The molecule has 0 atom stereocenters. The lowest BCUT2D eigenvalue weighted by Crippen LogP contribution is -2.30. The van der Waals surface area contributed by atoms with E-state index in [1.165, 1.54) is 75.9 Å². The van der Waals surface area contributed by atoms with Crippen LogP contribution in [0.1, 0.15) is 31.8 Å². The number of nitro groups is 1. The van der Waals surface area contributed by atoms with E-state index in [9.17, 15) is 24.5 Å². The zero-order valence-corrected chi connectivity index (χ0v) is 24.6. The number of para-hydroxylation sites is 1. The minimum absolute atomic E-state index is 0.126. The molecule has 0 heterocycles. The van der Waals surface area contributed by atoms with E-state index < -0.39 is 16.7 Å². The van der Waals surface area contributed by atoms with Crippen LogP contribution in [0.25, 0.3) is 12.2 Å². The van der Waals surface area contributed by atoms with Gasteiger partial charge in [0.1, 0.15) is 5.70 Å². The summed E-state index contributed by atoms with van der Waals surface area (Å²) in [7, 11) is 4.49. The second-order valence-corrected chi connectivity index (χ2v) is 9.38. The van der Waals surface area contributed by atoms with E-state index in [0.717, 1.165) is 0 Å². The largest absolute Gasteiger partial charge is 0.493 e. The summed E-state index contributed by atoms with van der Waals surface area (Å²) in [5.74, 6) is -0.276. The van der Waals surface area contributed by atoms with Gasteiger partial charge in [-0.3, -0.25) is 24.5 Å². The molecule has 0 fully saturated rings. The number of benzene rings is 4. The van der Waals surface area contributed by atoms with Crippen molar-refractivity contribution in [3.8, 4) is 17.2 Å². The molecule has 4 rings (SSSR count). The van der Waals surface area contributed by atoms with Crippen molar-refractivity contribution in [3.05, 3.63) is 135 Å². The van der Waals surface area contributed by atoms with E-state index in [2.05, 4.69) is 10.6 Å². The van der Waals surface area contributed by atoms with Crippen LogP contribution in [-0.4, -0.2) is 43.9 Å². The van der Waals surface area contributed by atoms with Crippen LogP contribution < -0.4 is 24.8 Å². The molecule has 0 saturated carbocycles. The smallest absolute Gasteiger partial charge is 0.276 e. The van der Waals surface area contributed by atoms with Gasteiger partial charge in [-0.05, 0) is 72.3 Å². The minimum Gasteiger partial charge on any atom is -0.493 e. The summed E-state index contributed by atoms with van der Waals surface area (Å²) >= 11 is 0. The van der Waals surface area contributed by atoms with Crippen molar-refractivity contribution in [1.82, 2.24) is 5.32 Å². The maximum atomic E-state index is 13.3. The summed E-state index contributed by atoms with van der Waals surface area (Å²) in [4.78, 5) is 50.0. The topological polar surface area (TPSA) is 146 Å². The molecule has 228 valence electrons. The Morgan fingerprint density at radius 2 is 1.40 bits per heavy atom. The Morgan fingerprint density at radius 1 is 0.778 bits per heavy atom. The maximum Gasteiger partial charge on any atom is 0.276 e. The Balaban J connectivity index is 1.53. The van der Waals surface area contributed by atoms with Crippen molar-refractivity contribution in [2.24, 2.45) is 0 Å². The molecule has 0 saturated heterocycles. The van der Waals surface area contributed by atoms with Crippen LogP contribution >= 0.6 is 0 Å². The Hall–Kier alpha value is -6.23. The molecule has 0 spiro atoms. The summed E-state index contributed by atoms with van der Waals surface area (Å²) in [6.07, 6.45) is 4.24. The average Bonchev–Trinajstić information content (AvgIpc) is 3.07. The first-order valence-corrected chi connectivity index (χ1v) is 13.5. The SMILES string of the molecule is COc1cc(/C=C/C(=O)c2ccc(NC(=O)/C(=C/c3ccccc3[N+](=O)[O-])NC(=O)c3ccccc3)cc2)cc(OC)c1OC. The molecule has 0 radical (unpaired) electrons. The predicted molar refractivity (Wildman–Crippen MR) is 170 cm³/mol. The highest BCUT2D eigenvalue weighted by atomic mass is 16.6. The number of carbonyl (C=O) groups excluding carboxylic acids is 3. The van der Waals surface area contributed by atoms with Gasteiger partial charge in [-0.1, -0.05) is 36.4 Å². The normalized spacial score (nSPS) is 11.0. The molecular weight excluding hydrogens is 578 g/mol. The lowest BCUT2D eigenvalue weighted by Gasteiger charge is -2.12. The number of nitro benzene ring substituents is 1. The number of ketones is 1. The molecule has 0 aliphatic carbocycles. The number of anilines is 1. The van der Waals surface area contributed by atoms with E-state index in [0.29, 0.717) is 39.6 Å². The average molecular weight is 608 g/mol. The van der Waals surface area contributed by atoms with Gasteiger partial charge in [0.25, 0.3) is 17.5 Å². The Morgan fingerprint density at radius 3 is 2.00 bits per heavy atom. The van der Waals surface area contributed by atoms with Crippen molar-refractivity contribution in [2.45, 2.75) is 0 Å². The molecule has 4 aromatic rings. The number of amides is 2. The fraction of sp³-hybridized carbons (Fsp3) is 0.0882. The van der Waals surface area contributed by atoms with Gasteiger partial charge < -0.3 is 24.8 Å². The third-order valence-electron chi connectivity index (χ3n) is 6.50. The summed E-state index contributed by atoms with van der Waals surface area (Å²) in [6.45, 7) is 0. The quantitative estimate of drug-likeness (QED) is 0.0873. The Bertz CT molecular complexity index is 1760. The Labute approximate surface area is 258 Å². The molecular formula is C34H29N3O8. The van der Waals surface area contributed by atoms with Crippen molar-refractivity contribution in [2.75, 3.05) is 26.6 Å². The lowest BCUT2D eigenvalue weighted by atomic mass is 10.1. The van der Waals surface area contributed by atoms with Crippen LogP contribution in [0.5, 0.6) is 17.2 Å². The number of methoxy groups -OCH3 is 3. The monoisotopic (exact) mass is 607 g/mol. The molecule has 0 aliphatic rings. The summed E-state index contributed by atoms with van der Waals surface area (Å²) in [5.41, 5.74) is 1.29. The number of hydrogen-bond acceptors (Lipinski definition) is 8. The van der Waals surface area contributed by atoms with Crippen LogP contribution in [0.15, 0.2) is 103 Å². The van der Waals surface area contributed by atoms with Gasteiger partial charge in [0, 0.05) is 22.9 Å². The maximum absolute atomic E-state index is 13.3. The second kappa shape index (κ2) is 14.8. The zero-order chi connectivity index (χ0) is 32.3. The van der Waals surface area contributed by atoms with E-state index >= 15 is 0 Å². The van der Waals surface area contributed by atoms with Crippen molar-refractivity contribution in [1.29, 1.82) is 0 Å². The molecule has 0 aromatic heterocycles. The van der Waals surface area contributed by atoms with Gasteiger partial charge >= 0.3 is 0 Å². The molecule has 11 heteroatoms. The first-order chi connectivity index (χ1) is 21.7. The summed E-state index contributed by atoms with van der Waals surface area (Å²) in [5, 5.41) is 16.8. The van der Waals surface area contributed by atoms with Gasteiger partial charge in [0.15, 0.2) is 17.3 Å². The number of allylic oxidation sites excluding steroid dienone is 1. The predicted octanol–water partition coefficient (Wildman–Crippen LogP) is 5.93. The standard InChI is InChI=1S/C34H29N3O8/c1-43-30-19-22(20-31(44-2)32(30)45-3)13-18-29(38)23-14-16-26(17-15-23)35-34(40)27(36-33(39)24-9-5-4-6-10-24)21-25-11-7-8-12-28(25)37(41)42/h4-21H,1-3H3,(H,35,40)(H,36,39)/b18-13+,27-21-. The highest BCUT2D eigenvalue weighted by Crippen LogP contribution is 2.38. The first kappa shape index (κ1) is 31.7. The minimum atomic E-state index is -0.723. The molecule has 2 amide bonds.